The zero-order valence-electron chi connectivity index (χ0n) is 10.5. The second kappa shape index (κ2) is 5.25. The van der Waals surface area contributed by atoms with Crippen LogP contribution in [0.25, 0.3) is 0 Å². The molecule has 0 bridgehead atoms. The molecule has 20 heavy (non-hydrogen) atoms. The predicted octanol–water partition coefficient (Wildman–Crippen LogP) is 4.10. The van der Waals surface area contributed by atoms with Gasteiger partial charge in [0.05, 0.1) is 0 Å². The lowest BCUT2D eigenvalue weighted by molar-refractivity contribution is 0.152. The number of fused-ring (bicyclic) bond motifs is 1. The van der Waals surface area contributed by atoms with Crippen LogP contribution >= 0.6 is 15.9 Å². The summed E-state index contributed by atoms with van der Waals surface area (Å²) in [6.07, 6.45) is -0.427. The molecule has 0 saturated carbocycles. The van der Waals surface area contributed by atoms with Gasteiger partial charge in [0, 0.05) is 17.6 Å². The third kappa shape index (κ3) is 2.67. The van der Waals surface area contributed by atoms with Gasteiger partial charge in [0.1, 0.15) is 11.6 Å². The quantitative estimate of drug-likeness (QED) is 0.785. The lowest BCUT2D eigenvalue weighted by Gasteiger charge is -2.15. The van der Waals surface area contributed by atoms with Crippen molar-refractivity contribution in [2.45, 2.75) is 13.1 Å². The third-order valence-electron chi connectivity index (χ3n) is 3.17. The Morgan fingerprint density at radius 1 is 1.10 bits per heavy atom. The first kappa shape index (κ1) is 13.1. The van der Waals surface area contributed by atoms with Crippen molar-refractivity contribution < 1.29 is 13.9 Å². The maximum Gasteiger partial charge on any atom is 0.415 e. The molecule has 0 spiro atoms. The summed E-state index contributed by atoms with van der Waals surface area (Å²) in [6.45, 7) is 0.827. The molecule has 1 heterocycles. The molecule has 102 valence electrons. The number of ether oxygens (including phenoxy) is 1. The van der Waals surface area contributed by atoms with Crippen LogP contribution in [0.3, 0.4) is 0 Å². The highest BCUT2D eigenvalue weighted by Gasteiger charge is 2.25. The van der Waals surface area contributed by atoms with Crippen LogP contribution in [0.15, 0.2) is 46.9 Å². The zero-order valence-corrected chi connectivity index (χ0v) is 12.1. The SMILES string of the molecule is O=C(Oc1ccc(Br)cc1)N1Cc2ccc(F)cc2C1. The standard InChI is InChI=1S/C15H11BrFNO2/c16-12-2-5-14(6-3-12)20-15(19)18-8-10-1-4-13(17)7-11(10)9-18/h1-7H,8-9H2. The maximum absolute atomic E-state index is 13.1. The fourth-order valence-electron chi connectivity index (χ4n) is 2.16. The molecule has 3 nitrogen and oxygen atoms in total. The first-order chi connectivity index (χ1) is 9.61. The van der Waals surface area contributed by atoms with Gasteiger partial charge >= 0.3 is 6.09 Å². The zero-order chi connectivity index (χ0) is 14.1. The van der Waals surface area contributed by atoms with Gasteiger partial charge in [-0.05, 0) is 47.5 Å². The second-order valence-corrected chi connectivity index (χ2v) is 5.51. The van der Waals surface area contributed by atoms with E-state index in [1.807, 2.05) is 0 Å². The average Bonchev–Trinajstić information content (AvgIpc) is 2.84. The highest BCUT2D eigenvalue weighted by Crippen LogP contribution is 2.25. The van der Waals surface area contributed by atoms with Gasteiger partial charge in [-0.3, -0.25) is 4.90 Å². The molecule has 1 amide bonds. The van der Waals surface area contributed by atoms with Crippen molar-refractivity contribution in [2.24, 2.45) is 0 Å². The van der Waals surface area contributed by atoms with Crippen molar-refractivity contribution >= 4 is 22.0 Å². The van der Waals surface area contributed by atoms with E-state index in [4.69, 9.17) is 4.74 Å². The Kier molecular flexibility index (Phi) is 3.44. The highest BCUT2D eigenvalue weighted by molar-refractivity contribution is 9.10. The molecule has 2 aromatic carbocycles. The fraction of sp³-hybridized carbons (Fsp3) is 0.133. The summed E-state index contributed by atoms with van der Waals surface area (Å²) in [5, 5.41) is 0. The molecule has 0 atom stereocenters. The summed E-state index contributed by atoms with van der Waals surface area (Å²) in [7, 11) is 0. The molecule has 0 N–H and O–H groups in total. The fourth-order valence-corrected chi connectivity index (χ4v) is 2.42. The van der Waals surface area contributed by atoms with Gasteiger partial charge in [0.15, 0.2) is 0 Å². The van der Waals surface area contributed by atoms with Crippen molar-refractivity contribution in [2.75, 3.05) is 0 Å². The van der Waals surface area contributed by atoms with E-state index < -0.39 is 6.09 Å². The second-order valence-electron chi connectivity index (χ2n) is 4.59. The van der Waals surface area contributed by atoms with Gasteiger partial charge < -0.3 is 4.74 Å². The molecule has 0 fully saturated rings. The minimum absolute atomic E-state index is 0.285. The molecule has 1 aliphatic rings. The van der Waals surface area contributed by atoms with Crippen LogP contribution in [0, 0.1) is 5.82 Å². The van der Waals surface area contributed by atoms with E-state index in [-0.39, 0.29) is 5.82 Å². The van der Waals surface area contributed by atoms with Gasteiger partial charge in [-0.1, -0.05) is 22.0 Å². The van der Waals surface area contributed by atoms with Gasteiger partial charge in [-0.2, -0.15) is 0 Å². The third-order valence-corrected chi connectivity index (χ3v) is 3.70. The average molecular weight is 336 g/mol. The molecule has 0 aliphatic carbocycles. The number of halogens is 2. The molecule has 0 saturated heterocycles. The van der Waals surface area contributed by atoms with E-state index >= 15 is 0 Å². The number of benzene rings is 2. The number of hydrogen-bond acceptors (Lipinski definition) is 2. The van der Waals surface area contributed by atoms with Crippen LogP contribution in [0.1, 0.15) is 11.1 Å². The molecule has 0 aromatic heterocycles. The van der Waals surface area contributed by atoms with Gasteiger partial charge in [-0.25, -0.2) is 9.18 Å². The van der Waals surface area contributed by atoms with Crippen LogP contribution in [0.4, 0.5) is 9.18 Å². The van der Waals surface area contributed by atoms with Crippen LogP contribution in [-0.2, 0) is 13.1 Å². The Morgan fingerprint density at radius 2 is 1.80 bits per heavy atom. The molecule has 2 aromatic rings. The van der Waals surface area contributed by atoms with Gasteiger partial charge in [0.25, 0.3) is 0 Å². The van der Waals surface area contributed by atoms with Crippen LogP contribution < -0.4 is 4.74 Å². The van der Waals surface area contributed by atoms with Crippen molar-refractivity contribution in [3.8, 4) is 5.75 Å². The summed E-state index contributed by atoms with van der Waals surface area (Å²) < 4.78 is 19.3. The first-order valence-corrected chi connectivity index (χ1v) is 6.91. The lowest BCUT2D eigenvalue weighted by Crippen LogP contribution is -2.28. The summed E-state index contributed by atoms with van der Waals surface area (Å²) in [4.78, 5) is 13.6. The van der Waals surface area contributed by atoms with E-state index in [0.29, 0.717) is 18.8 Å². The van der Waals surface area contributed by atoms with E-state index in [1.54, 1.807) is 35.2 Å². The molecular formula is C15H11BrFNO2. The minimum atomic E-state index is -0.427. The first-order valence-electron chi connectivity index (χ1n) is 6.11. The monoisotopic (exact) mass is 335 g/mol. The summed E-state index contributed by atoms with van der Waals surface area (Å²) in [5.74, 6) is 0.201. The van der Waals surface area contributed by atoms with E-state index in [9.17, 15) is 9.18 Å². The summed E-state index contributed by atoms with van der Waals surface area (Å²) >= 11 is 3.32. The maximum atomic E-state index is 13.1. The highest BCUT2D eigenvalue weighted by atomic mass is 79.9. The Hall–Kier alpha value is -1.88. The Bertz CT molecular complexity index is 657. The van der Waals surface area contributed by atoms with E-state index in [1.165, 1.54) is 12.1 Å². The van der Waals surface area contributed by atoms with Crippen LogP contribution in [0.5, 0.6) is 5.75 Å². The number of amides is 1. The van der Waals surface area contributed by atoms with E-state index in [0.717, 1.165) is 15.6 Å². The van der Waals surface area contributed by atoms with E-state index in [2.05, 4.69) is 15.9 Å². The molecule has 1 aliphatic heterocycles. The van der Waals surface area contributed by atoms with Gasteiger partial charge in [0.2, 0.25) is 0 Å². The Balaban J connectivity index is 1.69. The molecule has 3 rings (SSSR count). The number of hydrogen-bond donors (Lipinski definition) is 0. The number of carbonyl (C=O) groups is 1. The van der Waals surface area contributed by atoms with Gasteiger partial charge in [-0.15, -0.1) is 0 Å². The smallest absolute Gasteiger partial charge is 0.410 e. The normalized spacial score (nSPS) is 13.2. The largest absolute Gasteiger partial charge is 0.415 e. The molecule has 0 radical (unpaired) electrons. The van der Waals surface area contributed by atoms with Crippen molar-refractivity contribution in [1.29, 1.82) is 0 Å². The lowest BCUT2D eigenvalue weighted by atomic mass is 10.1. The van der Waals surface area contributed by atoms with Crippen molar-refractivity contribution in [1.82, 2.24) is 4.90 Å². The molecule has 5 heteroatoms. The number of carbonyl (C=O) groups excluding carboxylic acids is 1. The summed E-state index contributed by atoms with van der Waals surface area (Å²) in [5.41, 5.74) is 1.79. The Morgan fingerprint density at radius 3 is 2.55 bits per heavy atom. The van der Waals surface area contributed by atoms with Crippen molar-refractivity contribution in [3.05, 3.63) is 63.9 Å². The Labute approximate surface area is 124 Å². The topological polar surface area (TPSA) is 29.5 Å². The van der Waals surface area contributed by atoms with Crippen LogP contribution in [-0.4, -0.2) is 11.0 Å². The summed E-state index contributed by atoms with van der Waals surface area (Å²) in [6, 6.07) is 11.6. The molecule has 0 unspecified atom stereocenters. The number of rotatable bonds is 1. The minimum Gasteiger partial charge on any atom is -0.410 e. The van der Waals surface area contributed by atoms with Crippen molar-refractivity contribution in [3.63, 3.8) is 0 Å². The predicted molar refractivity (Wildman–Crippen MR) is 75.8 cm³/mol. The number of nitrogens with zero attached hydrogens (tertiary/aromatic N) is 1. The van der Waals surface area contributed by atoms with Crippen LogP contribution in [0.2, 0.25) is 0 Å². The molecular weight excluding hydrogens is 325 g/mol.